The molecule has 6 N–H and O–H groups in total. The van der Waals surface area contributed by atoms with Crippen LogP contribution in [0, 0.1) is 0 Å². The monoisotopic (exact) mass is 468 g/mol. The zero-order chi connectivity index (χ0) is 24.4. The summed E-state index contributed by atoms with van der Waals surface area (Å²) in [7, 11) is 0. The SMILES string of the molecule is Nc1cc2ccc(C(O)c3ccccc3)cc2nc1C(=O)Nc1cnccc1N1CCC[C@H](N)C1. The van der Waals surface area contributed by atoms with E-state index in [-0.39, 0.29) is 17.4 Å². The lowest BCUT2D eigenvalue weighted by molar-refractivity contribution is 0.102. The van der Waals surface area contributed by atoms with Crippen LogP contribution in [0.4, 0.5) is 17.1 Å². The molecule has 0 saturated carbocycles. The summed E-state index contributed by atoms with van der Waals surface area (Å²) in [5.41, 5.74) is 16.3. The van der Waals surface area contributed by atoms with Gasteiger partial charge in [0, 0.05) is 30.7 Å². The maximum atomic E-state index is 13.2. The molecule has 2 aromatic heterocycles. The number of fused-ring (bicyclic) bond motifs is 1. The number of pyridine rings is 2. The van der Waals surface area contributed by atoms with Crippen LogP contribution in [-0.2, 0) is 0 Å². The lowest BCUT2D eigenvalue weighted by Crippen LogP contribution is -2.43. The Morgan fingerprint density at radius 3 is 2.74 bits per heavy atom. The molecule has 1 aliphatic heterocycles. The number of anilines is 3. The van der Waals surface area contributed by atoms with Gasteiger partial charge in [-0.3, -0.25) is 9.78 Å². The van der Waals surface area contributed by atoms with E-state index in [9.17, 15) is 9.90 Å². The van der Waals surface area contributed by atoms with Crippen LogP contribution < -0.4 is 21.7 Å². The first-order chi connectivity index (χ1) is 17.0. The second-order valence-corrected chi connectivity index (χ2v) is 8.89. The molecule has 8 heteroatoms. The molecule has 0 radical (unpaired) electrons. The normalized spacial score (nSPS) is 16.7. The van der Waals surface area contributed by atoms with E-state index in [0.717, 1.165) is 42.6 Å². The molecular formula is C27H28N6O2. The number of hydrogen-bond donors (Lipinski definition) is 4. The summed E-state index contributed by atoms with van der Waals surface area (Å²) in [5.74, 6) is -0.422. The molecule has 3 heterocycles. The lowest BCUT2D eigenvalue weighted by atomic mass is 10.00. The minimum absolute atomic E-state index is 0.0960. The molecule has 8 nitrogen and oxygen atoms in total. The summed E-state index contributed by atoms with van der Waals surface area (Å²) in [5, 5.41) is 14.5. The third-order valence-corrected chi connectivity index (χ3v) is 6.36. The molecule has 2 atom stereocenters. The van der Waals surface area contributed by atoms with Crippen LogP contribution >= 0.6 is 0 Å². The first-order valence-electron chi connectivity index (χ1n) is 11.7. The quantitative estimate of drug-likeness (QED) is 0.353. The predicted octanol–water partition coefficient (Wildman–Crippen LogP) is 3.47. The van der Waals surface area contributed by atoms with Gasteiger partial charge in [0.1, 0.15) is 6.10 Å². The summed E-state index contributed by atoms with van der Waals surface area (Å²) >= 11 is 0. The number of aliphatic hydroxyl groups excluding tert-OH is 1. The van der Waals surface area contributed by atoms with Gasteiger partial charge in [0.05, 0.1) is 28.8 Å². The van der Waals surface area contributed by atoms with Gasteiger partial charge in [-0.05, 0) is 42.2 Å². The number of nitrogens with two attached hydrogens (primary N) is 2. The minimum Gasteiger partial charge on any atom is -0.397 e. The van der Waals surface area contributed by atoms with Crippen molar-refractivity contribution in [3.8, 4) is 0 Å². The van der Waals surface area contributed by atoms with Crippen LogP contribution in [0.15, 0.2) is 73.1 Å². The number of amides is 1. The van der Waals surface area contributed by atoms with Gasteiger partial charge in [0.2, 0.25) is 0 Å². The standard InChI is InChI=1S/C27H28N6O2/c28-20-7-4-12-33(16-20)24-10-11-30-15-23(24)32-27(35)25-21(29)13-18-8-9-19(14-22(18)31-25)26(34)17-5-2-1-3-6-17/h1-3,5-6,8-11,13-15,20,26,34H,4,7,12,16,28-29H2,(H,32,35)/t20-,26?/m0/s1. The number of nitrogens with one attached hydrogen (secondary N) is 1. The van der Waals surface area contributed by atoms with Crippen molar-refractivity contribution in [2.45, 2.75) is 25.0 Å². The van der Waals surface area contributed by atoms with Crippen LogP contribution in [-0.4, -0.2) is 40.1 Å². The second kappa shape index (κ2) is 9.69. The molecule has 4 aromatic rings. The number of piperidine rings is 1. The molecule has 0 bridgehead atoms. The topological polar surface area (TPSA) is 130 Å². The largest absolute Gasteiger partial charge is 0.397 e. The van der Waals surface area contributed by atoms with E-state index in [0.29, 0.717) is 16.8 Å². The van der Waals surface area contributed by atoms with Crippen LogP contribution in [0.5, 0.6) is 0 Å². The number of nitrogen functional groups attached to an aromatic ring is 1. The highest BCUT2D eigenvalue weighted by Crippen LogP contribution is 2.29. The van der Waals surface area contributed by atoms with E-state index in [1.165, 1.54) is 0 Å². The van der Waals surface area contributed by atoms with Gasteiger partial charge in [-0.15, -0.1) is 0 Å². The highest BCUT2D eigenvalue weighted by molar-refractivity contribution is 6.09. The van der Waals surface area contributed by atoms with Crippen molar-refractivity contribution >= 4 is 33.9 Å². The maximum Gasteiger partial charge on any atom is 0.276 e. The Kier molecular flexibility index (Phi) is 6.31. The number of hydrogen-bond acceptors (Lipinski definition) is 7. The third kappa shape index (κ3) is 4.80. The molecule has 178 valence electrons. The first kappa shape index (κ1) is 22.8. The Hall–Kier alpha value is -4.01. The molecule has 1 saturated heterocycles. The molecule has 5 rings (SSSR count). The highest BCUT2D eigenvalue weighted by atomic mass is 16.3. The van der Waals surface area contributed by atoms with E-state index in [4.69, 9.17) is 11.5 Å². The van der Waals surface area contributed by atoms with Crippen molar-refractivity contribution in [1.29, 1.82) is 0 Å². The molecular weight excluding hydrogens is 440 g/mol. The van der Waals surface area contributed by atoms with Crippen molar-refractivity contribution in [3.05, 3.63) is 89.9 Å². The van der Waals surface area contributed by atoms with E-state index in [1.54, 1.807) is 24.5 Å². The van der Waals surface area contributed by atoms with Crippen molar-refractivity contribution in [2.24, 2.45) is 5.73 Å². The van der Waals surface area contributed by atoms with Crippen molar-refractivity contribution in [3.63, 3.8) is 0 Å². The Morgan fingerprint density at radius 1 is 1.11 bits per heavy atom. The summed E-state index contributed by atoms with van der Waals surface area (Å²) in [6, 6.07) is 18.6. The van der Waals surface area contributed by atoms with Gasteiger partial charge in [-0.1, -0.05) is 42.5 Å². The van der Waals surface area contributed by atoms with Gasteiger partial charge in [0.25, 0.3) is 5.91 Å². The van der Waals surface area contributed by atoms with Gasteiger partial charge >= 0.3 is 0 Å². The Balaban J connectivity index is 1.44. The van der Waals surface area contributed by atoms with E-state index in [2.05, 4.69) is 20.2 Å². The highest BCUT2D eigenvalue weighted by Gasteiger charge is 2.22. The number of aliphatic hydroxyl groups is 1. The Labute approximate surface area is 203 Å². The molecule has 1 unspecified atom stereocenters. The van der Waals surface area contributed by atoms with Gasteiger partial charge in [0.15, 0.2) is 5.69 Å². The number of rotatable bonds is 5. The Morgan fingerprint density at radius 2 is 1.94 bits per heavy atom. The van der Waals surface area contributed by atoms with Gasteiger partial charge < -0.3 is 26.8 Å². The van der Waals surface area contributed by atoms with Gasteiger partial charge in [-0.2, -0.15) is 0 Å². The zero-order valence-corrected chi connectivity index (χ0v) is 19.3. The smallest absolute Gasteiger partial charge is 0.276 e. The molecule has 0 spiro atoms. The summed E-state index contributed by atoms with van der Waals surface area (Å²) in [4.78, 5) is 24.2. The second-order valence-electron chi connectivity index (χ2n) is 8.89. The lowest BCUT2D eigenvalue weighted by Gasteiger charge is -2.33. The average Bonchev–Trinajstić information content (AvgIpc) is 2.88. The number of nitrogens with zero attached hydrogens (tertiary/aromatic N) is 3. The molecule has 2 aromatic carbocycles. The van der Waals surface area contributed by atoms with Crippen molar-refractivity contribution < 1.29 is 9.90 Å². The van der Waals surface area contributed by atoms with Crippen molar-refractivity contribution in [2.75, 3.05) is 29.0 Å². The van der Waals surface area contributed by atoms with Crippen LogP contribution in [0.25, 0.3) is 10.9 Å². The number of aromatic nitrogens is 2. The van der Waals surface area contributed by atoms with Crippen molar-refractivity contribution in [1.82, 2.24) is 9.97 Å². The zero-order valence-electron chi connectivity index (χ0n) is 19.3. The minimum atomic E-state index is -0.800. The van der Waals surface area contributed by atoms with Crippen LogP contribution in [0.1, 0.15) is 40.6 Å². The fraction of sp³-hybridized carbons (Fsp3) is 0.222. The summed E-state index contributed by atoms with van der Waals surface area (Å²) < 4.78 is 0. The average molecular weight is 469 g/mol. The third-order valence-electron chi connectivity index (χ3n) is 6.36. The summed E-state index contributed by atoms with van der Waals surface area (Å²) in [6.45, 7) is 1.58. The fourth-order valence-corrected chi connectivity index (χ4v) is 4.55. The van der Waals surface area contributed by atoms with Gasteiger partial charge in [-0.25, -0.2) is 4.98 Å². The van der Waals surface area contributed by atoms with Crippen LogP contribution in [0.2, 0.25) is 0 Å². The molecule has 35 heavy (non-hydrogen) atoms. The van der Waals surface area contributed by atoms with E-state index >= 15 is 0 Å². The molecule has 1 fully saturated rings. The number of carbonyl (C=O) groups is 1. The first-order valence-corrected chi connectivity index (χ1v) is 11.7. The maximum absolute atomic E-state index is 13.2. The molecule has 0 aliphatic carbocycles. The molecule has 1 amide bonds. The van der Waals surface area contributed by atoms with E-state index < -0.39 is 12.0 Å². The van der Waals surface area contributed by atoms with Crippen LogP contribution in [0.3, 0.4) is 0 Å². The predicted molar refractivity (Wildman–Crippen MR) is 138 cm³/mol. The fourth-order valence-electron chi connectivity index (χ4n) is 4.55. The van der Waals surface area contributed by atoms with E-state index in [1.807, 2.05) is 48.5 Å². The Bertz CT molecular complexity index is 1360. The summed E-state index contributed by atoms with van der Waals surface area (Å²) in [6.07, 6.45) is 4.51. The number of carbonyl (C=O) groups excluding carboxylic acids is 1. The number of benzene rings is 2. The molecule has 1 aliphatic rings.